The number of carbonyl (C=O) groups excluding carboxylic acids is 3. The van der Waals surface area contributed by atoms with Gasteiger partial charge < -0.3 is 14.8 Å². The van der Waals surface area contributed by atoms with Crippen molar-refractivity contribution in [3.63, 3.8) is 0 Å². The van der Waals surface area contributed by atoms with E-state index in [0.717, 1.165) is 12.8 Å². The third-order valence-electron chi connectivity index (χ3n) is 5.76. The van der Waals surface area contributed by atoms with Crippen molar-refractivity contribution in [2.45, 2.75) is 45.3 Å². The molecule has 1 aliphatic rings. The topological polar surface area (TPSA) is 86.6 Å². The largest absolute Gasteiger partial charge is 0.497 e. The molecule has 2 aromatic carbocycles. The Hall–Kier alpha value is -3.32. The first kappa shape index (κ1) is 22.9. The second-order valence-electron chi connectivity index (χ2n) is 8.19. The molecule has 0 saturated heterocycles. The van der Waals surface area contributed by atoms with Crippen LogP contribution in [0.4, 0.5) is 0 Å². The third-order valence-corrected chi connectivity index (χ3v) is 6.01. The third kappa shape index (κ3) is 4.88. The zero-order valence-corrected chi connectivity index (χ0v) is 19.4. The summed E-state index contributed by atoms with van der Waals surface area (Å²) in [4.78, 5) is 38.2. The quantitative estimate of drug-likeness (QED) is 0.528. The van der Waals surface area contributed by atoms with E-state index in [1.165, 1.54) is 0 Å². The van der Waals surface area contributed by atoms with E-state index >= 15 is 0 Å². The number of fused-ring (bicyclic) bond motifs is 1. The predicted molar refractivity (Wildman–Crippen MR) is 125 cm³/mol. The monoisotopic (exact) mass is 468 g/mol. The number of halogens is 1. The number of methoxy groups -OCH3 is 1. The number of carbonyl (C=O) groups is 3. The number of hydrogen-bond donors (Lipinski definition) is 1. The molecule has 1 N–H and O–H groups in total. The lowest BCUT2D eigenvalue weighted by atomic mass is 10.1. The van der Waals surface area contributed by atoms with Crippen LogP contribution in [0.25, 0.3) is 10.9 Å². The molecule has 7 nitrogen and oxygen atoms in total. The maximum Gasteiger partial charge on any atom is 0.311 e. The SMILES string of the molecule is COc1ccc2c(c1)c(CC(=O)OC(C)C(=O)NC1CC1)c(C)n2C(=O)c1ccc(Cl)cc1. The van der Waals surface area contributed by atoms with Crippen LogP contribution in [-0.4, -0.2) is 41.6 Å². The molecule has 33 heavy (non-hydrogen) atoms. The van der Waals surface area contributed by atoms with Crippen molar-refractivity contribution in [1.82, 2.24) is 9.88 Å². The van der Waals surface area contributed by atoms with Crippen LogP contribution in [0, 0.1) is 6.92 Å². The Bertz CT molecular complexity index is 1230. The Morgan fingerprint density at radius 2 is 1.85 bits per heavy atom. The Kier molecular flexibility index (Phi) is 6.42. The molecule has 1 aromatic heterocycles. The molecule has 0 spiro atoms. The maximum atomic E-state index is 13.3. The van der Waals surface area contributed by atoms with Gasteiger partial charge in [-0.2, -0.15) is 0 Å². The molecule has 1 atom stereocenters. The van der Waals surface area contributed by atoms with Crippen LogP contribution < -0.4 is 10.1 Å². The van der Waals surface area contributed by atoms with E-state index in [0.29, 0.717) is 38.5 Å². The maximum absolute atomic E-state index is 13.3. The zero-order valence-electron chi connectivity index (χ0n) is 18.7. The average molecular weight is 469 g/mol. The first-order chi connectivity index (χ1) is 15.8. The van der Waals surface area contributed by atoms with E-state index in [-0.39, 0.29) is 24.3 Å². The van der Waals surface area contributed by atoms with Crippen molar-refractivity contribution in [2.24, 2.45) is 0 Å². The molecule has 1 fully saturated rings. The van der Waals surface area contributed by atoms with Crippen LogP contribution in [0.2, 0.25) is 5.02 Å². The van der Waals surface area contributed by atoms with Gasteiger partial charge >= 0.3 is 5.97 Å². The van der Waals surface area contributed by atoms with Gasteiger partial charge in [0.2, 0.25) is 0 Å². The molecular weight excluding hydrogens is 444 g/mol. The number of benzene rings is 2. The molecular formula is C25H25ClN2O5. The van der Waals surface area contributed by atoms with Gasteiger partial charge in [0.1, 0.15) is 5.75 Å². The molecule has 1 saturated carbocycles. The Balaban J connectivity index is 1.66. The fourth-order valence-corrected chi connectivity index (χ4v) is 3.90. The van der Waals surface area contributed by atoms with Crippen molar-refractivity contribution in [3.8, 4) is 5.75 Å². The first-order valence-corrected chi connectivity index (χ1v) is 11.1. The zero-order chi connectivity index (χ0) is 23.7. The smallest absolute Gasteiger partial charge is 0.311 e. The number of nitrogens with one attached hydrogen (secondary N) is 1. The first-order valence-electron chi connectivity index (χ1n) is 10.8. The molecule has 3 aromatic rings. The fraction of sp³-hybridized carbons (Fsp3) is 0.320. The number of hydrogen-bond acceptors (Lipinski definition) is 5. The van der Waals surface area contributed by atoms with Crippen LogP contribution in [0.3, 0.4) is 0 Å². The minimum atomic E-state index is -0.892. The molecule has 0 aliphatic heterocycles. The van der Waals surface area contributed by atoms with E-state index in [2.05, 4.69) is 5.32 Å². The van der Waals surface area contributed by atoms with Gasteiger partial charge in [-0.25, -0.2) is 0 Å². The van der Waals surface area contributed by atoms with Crippen LogP contribution in [0.5, 0.6) is 5.75 Å². The number of aromatic nitrogens is 1. The van der Waals surface area contributed by atoms with Crippen LogP contribution in [0.1, 0.15) is 41.4 Å². The second-order valence-corrected chi connectivity index (χ2v) is 8.62. The summed E-state index contributed by atoms with van der Waals surface area (Å²) in [6.45, 7) is 3.34. The summed E-state index contributed by atoms with van der Waals surface area (Å²) in [5, 5.41) is 4.07. The van der Waals surface area contributed by atoms with Gasteiger partial charge in [-0.3, -0.25) is 19.0 Å². The Labute approximate surface area is 196 Å². The second kappa shape index (κ2) is 9.27. The highest BCUT2D eigenvalue weighted by molar-refractivity contribution is 6.30. The molecule has 0 bridgehead atoms. The molecule has 8 heteroatoms. The molecule has 1 aliphatic carbocycles. The summed E-state index contributed by atoms with van der Waals surface area (Å²) >= 11 is 5.97. The van der Waals surface area contributed by atoms with Crippen LogP contribution in [-0.2, 0) is 20.7 Å². The van der Waals surface area contributed by atoms with Crippen molar-refractivity contribution in [2.75, 3.05) is 7.11 Å². The van der Waals surface area contributed by atoms with Gasteiger partial charge in [-0.15, -0.1) is 0 Å². The minimum Gasteiger partial charge on any atom is -0.497 e. The average Bonchev–Trinajstić information content (AvgIpc) is 3.57. The number of amides is 1. The number of ether oxygens (including phenoxy) is 2. The lowest BCUT2D eigenvalue weighted by Gasteiger charge is -2.13. The van der Waals surface area contributed by atoms with Gasteiger partial charge in [0.15, 0.2) is 6.10 Å². The van der Waals surface area contributed by atoms with Crippen molar-refractivity contribution in [1.29, 1.82) is 0 Å². The fourth-order valence-electron chi connectivity index (χ4n) is 3.78. The van der Waals surface area contributed by atoms with E-state index in [1.807, 2.05) is 0 Å². The van der Waals surface area contributed by atoms with E-state index in [1.54, 1.807) is 68.0 Å². The molecule has 1 heterocycles. The van der Waals surface area contributed by atoms with Crippen molar-refractivity contribution in [3.05, 3.63) is 64.3 Å². The van der Waals surface area contributed by atoms with E-state index in [9.17, 15) is 14.4 Å². The number of rotatable bonds is 7. The highest BCUT2D eigenvalue weighted by Gasteiger charge is 2.28. The lowest BCUT2D eigenvalue weighted by Crippen LogP contribution is -2.37. The molecule has 1 amide bonds. The molecule has 0 radical (unpaired) electrons. The standard InChI is InChI=1S/C25H25ClN2O5/c1-14-20(13-23(29)33-15(2)24(30)27-18-8-9-18)21-12-19(32-3)10-11-22(21)28(14)25(31)16-4-6-17(26)7-5-16/h4-7,10-12,15,18H,8-9,13H2,1-3H3,(H,27,30). The van der Waals surface area contributed by atoms with Crippen LogP contribution in [0.15, 0.2) is 42.5 Å². The van der Waals surface area contributed by atoms with E-state index in [4.69, 9.17) is 21.1 Å². The highest BCUT2D eigenvalue weighted by Crippen LogP contribution is 2.31. The number of esters is 1. The summed E-state index contributed by atoms with van der Waals surface area (Å²) < 4.78 is 12.3. The lowest BCUT2D eigenvalue weighted by molar-refractivity contribution is -0.154. The summed E-state index contributed by atoms with van der Waals surface area (Å²) in [7, 11) is 1.55. The van der Waals surface area contributed by atoms with Crippen molar-refractivity contribution >= 4 is 40.3 Å². The van der Waals surface area contributed by atoms with Gasteiger partial charge in [-0.05, 0) is 74.7 Å². The Morgan fingerprint density at radius 1 is 1.15 bits per heavy atom. The van der Waals surface area contributed by atoms with Gasteiger partial charge in [0, 0.05) is 27.7 Å². The highest BCUT2D eigenvalue weighted by atomic mass is 35.5. The van der Waals surface area contributed by atoms with Gasteiger partial charge in [0.25, 0.3) is 11.8 Å². The van der Waals surface area contributed by atoms with Crippen molar-refractivity contribution < 1.29 is 23.9 Å². The molecule has 4 rings (SSSR count). The van der Waals surface area contributed by atoms with Crippen LogP contribution >= 0.6 is 11.6 Å². The molecule has 172 valence electrons. The van der Waals surface area contributed by atoms with Gasteiger partial charge in [0.05, 0.1) is 19.0 Å². The molecule has 1 unspecified atom stereocenters. The minimum absolute atomic E-state index is 0.0859. The summed E-state index contributed by atoms with van der Waals surface area (Å²) in [6.07, 6.45) is 0.928. The normalized spacial score (nSPS) is 14.1. The summed E-state index contributed by atoms with van der Waals surface area (Å²) in [5.74, 6) is -0.483. The predicted octanol–water partition coefficient (Wildman–Crippen LogP) is 4.05. The summed E-state index contributed by atoms with van der Waals surface area (Å²) in [6, 6.07) is 12.2. The van der Waals surface area contributed by atoms with E-state index < -0.39 is 12.1 Å². The number of nitrogens with zero attached hydrogens (tertiary/aromatic N) is 1. The summed E-state index contributed by atoms with van der Waals surface area (Å²) in [5.41, 5.74) is 2.38. The Morgan fingerprint density at radius 3 is 2.48 bits per heavy atom. The van der Waals surface area contributed by atoms with Gasteiger partial charge in [-0.1, -0.05) is 11.6 Å².